The largest absolute Gasteiger partial charge is 0.356 e. The van der Waals surface area contributed by atoms with E-state index < -0.39 is 0 Å². The molecular formula is C6H8O4. The van der Waals surface area contributed by atoms with Crippen molar-refractivity contribution in [2.75, 3.05) is 13.7 Å². The third-order valence-electron chi connectivity index (χ3n) is 1.73. The number of hydrogen-bond donors (Lipinski definition) is 0. The second-order valence-electron chi connectivity index (χ2n) is 2.40. The van der Waals surface area contributed by atoms with E-state index in [-0.39, 0.29) is 30.9 Å². The summed E-state index contributed by atoms with van der Waals surface area (Å²) in [5.41, 5.74) is 0. The van der Waals surface area contributed by atoms with Crippen molar-refractivity contribution in [3.8, 4) is 0 Å². The second-order valence-corrected chi connectivity index (χ2v) is 2.40. The van der Waals surface area contributed by atoms with E-state index in [1.807, 2.05) is 0 Å². The molecule has 0 aromatic heterocycles. The molecule has 0 aliphatic carbocycles. The molecule has 0 bridgehead atoms. The number of rotatable bonds is 1. The highest BCUT2D eigenvalue weighted by atomic mass is 16.7. The number of carbonyl (C=O) groups excluding carboxylic acids is 1. The van der Waals surface area contributed by atoms with Crippen molar-refractivity contribution in [3.63, 3.8) is 0 Å². The van der Waals surface area contributed by atoms with Crippen molar-refractivity contribution in [3.05, 3.63) is 0 Å². The van der Waals surface area contributed by atoms with Gasteiger partial charge in [0.2, 0.25) is 0 Å². The molecule has 56 valence electrons. The molecule has 0 aromatic carbocycles. The number of methoxy groups -OCH3 is 1. The van der Waals surface area contributed by atoms with Crippen LogP contribution >= 0.6 is 0 Å². The topological polar surface area (TPSA) is 48.1 Å². The molecule has 2 aliphatic heterocycles. The number of fused-ring (bicyclic) bond motifs is 1. The van der Waals surface area contributed by atoms with E-state index in [1.165, 1.54) is 0 Å². The quantitative estimate of drug-likeness (QED) is 0.458. The summed E-state index contributed by atoms with van der Waals surface area (Å²) >= 11 is 0. The highest BCUT2D eigenvalue weighted by Gasteiger charge is 2.54. The van der Waals surface area contributed by atoms with Crippen LogP contribution in [0.2, 0.25) is 0 Å². The maximum atomic E-state index is 10.8. The fourth-order valence-corrected chi connectivity index (χ4v) is 1.13. The molecule has 2 aliphatic rings. The molecule has 4 heteroatoms. The Labute approximate surface area is 58.1 Å². The summed E-state index contributed by atoms with van der Waals surface area (Å²) in [7, 11) is 1.54. The van der Waals surface area contributed by atoms with Gasteiger partial charge in [-0.15, -0.1) is 0 Å². The highest BCUT2D eigenvalue weighted by Crippen LogP contribution is 2.32. The Kier molecular flexibility index (Phi) is 1.26. The first-order chi connectivity index (χ1) is 4.83. The van der Waals surface area contributed by atoms with Gasteiger partial charge in [0.05, 0.1) is 0 Å². The monoisotopic (exact) mass is 144 g/mol. The number of epoxide rings is 1. The lowest BCUT2D eigenvalue weighted by molar-refractivity contribution is -0.157. The number of ether oxygens (including phenoxy) is 3. The molecular weight excluding hydrogens is 136 g/mol. The highest BCUT2D eigenvalue weighted by molar-refractivity contribution is 5.87. The van der Waals surface area contributed by atoms with Crippen LogP contribution in [0, 0.1) is 0 Å². The van der Waals surface area contributed by atoms with Gasteiger partial charge in [0.15, 0.2) is 12.1 Å². The van der Waals surface area contributed by atoms with Gasteiger partial charge < -0.3 is 14.2 Å². The number of carbonyl (C=O) groups is 1. The predicted octanol–water partition coefficient (Wildman–Crippen LogP) is -0.674. The van der Waals surface area contributed by atoms with E-state index in [2.05, 4.69) is 0 Å². The number of ketones is 1. The van der Waals surface area contributed by atoms with Crippen molar-refractivity contribution in [2.45, 2.75) is 18.5 Å². The zero-order valence-corrected chi connectivity index (χ0v) is 5.57. The van der Waals surface area contributed by atoms with Crippen LogP contribution in [0.1, 0.15) is 0 Å². The maximum absolute atomic E-state index is 10.8. The van der Waals surface area contributed by atoms with E-state index >= 15 is 0 Å². The van der Waals surface area contributed by atoms with Crippen LogP contribution in [0.15, 0.2) is 0 Å². The van der Waals surface area contributed by atoms with E-state index in [4.69, 9.17) is 14.2 Å². The van der Waals surface area contributed by atoms with Crippen LogP contribution in [0.3, 0.4) is 0 Å². The predicted molar refractivity (Wildman–Crippen MR) is 30.4 cm³/mol. The lowest BCUT2D eigenvalue weighted by Crippen LogP contribution is -2.35. The van der Waals surface area contributed by atoms with Crippen LogP contribution in [-0.2, 0) is 19.0 Å². The van der Waals surface area contributed by atoms with Crippen LogP contribution in [0.5, 0.6) is 0 Å². The van der Waals surface area contributed by atoms with Gasteiger partial charge in [-0.05, 0) is 0 Å². The molecule has 10 heavy (non-hydrogen) atoms. The van der Waals surface area contributed by atoms with Crippen molar-refractivity contribution < 1.29 is 19.0 Å². The van der Waals surface area contributed by atoms with Gasteiger partial charge in [-0.2, -0.15) is 0 Å². The third-order valence-corrected chi connectivity index (χ3v) is 1.73. The van der Waals surface area contributed by atoms with Gasteiger partial charge in [-0.1, -0.05) is 0 Å². The van der Waals surface area contributed by atoms with Crippen LogP contribution in [0.25, 0.3) is 0 Å². The van der Waals surface area contributed by atoms with Crippen LogP contribution in [0.4, 0.5) is 0 Å². The minimum absolute atomic E-state index is 0.0262. The first kappa shape index (κ1) is 6.27. The Hall–Kier alpha value is -0.450. The standard InChI is InChI=1S/C6H8O4/c1-8-6-5-4(10-5)3(7)2-9-6/h4-6H,2H2,1H3/t4-,5-,6-/m1/s1. The normalized spacial score (nSPS) is 44.9. The van der Waals surface area contributed by atoms with Crippen molar-refractivity contribution in [1.82, 2.24) is 0 Å². The number of Topliss-reactive ketones (excluding diaryl/α,β-unsaturated/α-hetero) is 1. The van der Waals surface area contributed by atoms with Crippen molar-refractivity contribution >= 4 is 5.78 Å². The Morgan fingerprint density at radius 3 is 3.20 bits per heavy atom. The first-order valence-electron chi connectivity index (χ1n) is 3.15. The zero-order chi connectivity index (χ0) is 7.14. The van der Waals surface area contributed by atoms with E-state index in [9.17, 15) is 4.79 Å². The molecule has 4 nitrogen and oxygen atoms in total. The minimum Gasteiger partial charge on any atom is -0.356 e. The summed E-state index contributed by atoms with van der Waals surface area (Å²) in [5.74, 6) is 0.0262. The molecule has 0 spiro atoms. The molecule has 0 saturated carbocycles. The van der Waals surface area contributed by atoms with Gasteiger partial charge >= 0.3 is 0 Å². The molecule has 2 rings (SSSR count). The van der Waals surface area contributed by atoms with Gasteiger partial charge in [0, 0.05) is 7.11 Å². The van der Waals surface area contributed by atoms with Gasteiger partial charge in [0.25, 0.3) is 0 Å². The summed E-state index contributed by atoms with van der Waals surface area (Å²) in [6.45, 7) is 0.125. The lowest BCUT2D eigenvalue weighted by atomic mass is 10.2. The lowest BCUT2D eigenvalue weighted by Gasteiger charge is -2.15. The van der Waals surface area contributed by atoms with Gasteiger partial charge in [-0.3, -0.25) is 4.79 Å². The molecule has 2 fully saturated rings. The molecule has 0 radical (unpaired) electrons. The molecule has 3 atom stereocenters. The fourth-order valence-electron chi connectivity index (χ4n) is 1.13. The second kappa shape index (κ2) is 2.02. The van der Waals surface area contributed by atoms with Crippen molar-refractivity contribution in [2.24, 2.45) is 0 Å². The Balaban J connectivity index is 2.01. The maximum Gasteiger partial charge on any atom is 0.190 e. The molecule has 0 amide bonds. The Bertz CT molecular complexity index is 167. The van der Waals surface area contributed by atoms with E-state index in [1.54, 1.807) is 7.11 Å². The first-order valence-corrected chi connectivity index (χ1v) is 3.15. The third kappa shape index (κ3) is 0.767. The smallest absolute Gasteiger partial charge is 0.190 e. The summed E-state index contributed by atoms with van der Waals surface area (Å²) in [6, 6.07) is 0. The number of hydrogen-bond acceptors (Lipinski definition) is 4. The fraction of sp³-hybridized carbons (Fsp3) is 0.833. The summed E-state index contributed by atoms with van der Waals surface area (Å²) < 4.78 is 14.9. The minimum atomic E-state index is -0.331. The Morgan fingerprint density at radius 1 is 1.70 bits per heavy atom. The molecule has 0 aromatic rings. The SMILES string of the molecule is CO[C@@H]1OCC(=O)[C@H]2O[C@@H]12. The summed E-state index contributed by atoms with van der Waals surface area (Å²) in [6.07, 6.45) is -0.701. The van der Waals surface area contributed by atoms with Crippen LogP contribution in [-0.4, -0.2) is 38.0 Å². The van der Waals surface area contributed by atoms with Crippen molar-refractivity contribution in [1.29, 1.82) is 0 Å². The molecule has 2 saturated heterocycles. The molecule has 0 unspecified atom stereocenters. The summed E-state index contributed by atoms with van der Waals surface area (Å²) in [4.78, 5) is 10.8. The average molecular weight is 144 g/mol. The van der Waals surface area contributed by atoms with E-state index in [0.29, 0.717) is 0 Å². The van der Waals surface area contributed by atoms with Gasteiger partial charge in [0.1, 0.15) is 18.8 Å². The summed E-state index contributed by atoms with van der Waals surface area (Å²) in [5, 5.41) is 0. The Morgan fingerprint density at radius 2 is 2.50 bits per heavy atom. The van der Waals surface area contributed by atoms with E-state index in [0.717, 1.165) is 0 Å². The average Bonchev–Trinajstić information content (AvgIpc) is 2.68. The zero-order valence-electron chi connectivity index (χ0n) is 5.57. The van der Waals surface area contributed by atoms with Gasteiger partial charge in [-0.25, -0.2) is 0 Å². The molecule has 2 heterocycles. The molecule has 0 N–H and O–H groups in total. The van der Waals surface area contributed by atoms with Crippen LogP contribution < -0.4 is 0 Å².